The van der Waals surface area contributed by atoms with Crippen molar-refractivity contribution in [1.82, 2.24) is 0 Å². The lowest BCUT2D eigenvalue weighted by Crippen LogP contribution is -2.42. The number of aldehydes is 1. The maximum Gasteiger partial charge on any atom is 0.397 e. The molecule has 1 aliphatic heterocycles. The van der Waals surface area contributed by atoms with E-state index in [1.54, 1.807) is 0 Å². The van der Waals surface area contributed by atoms with E-state index in [1.807, 2.05) is 0 Å². The quantitative estimate of drug-likeness (QED) is 0.364. The number of ether oxygens (including phenoxy) is 1. The Hall–Kier alpha value is -0.580. The molecule has 0 amide bonds. The Kier molecular flexibility index (Phi) is 3.76. The first-order chi connectivity index (χ1) is 6.85. The lowest BCUT2D eigenvalue weighted by atomic mass is 10.1. The van der Waals surface area contributed by atoms with Gasteiger partial charge in [0.05, 0.1) is 6.61 Å². The summed E-state index contributed by atoms with van der Waals surface area (Å²) in [6, 6.07) is 0. The second kappa shape index (κ2) is 4.51. The highest BCUT2D eigenvalue weighted by atomic mass is 32.3. The Morgan fingerprint density at radius 3 is 2.60 bits per heavy atom. The normalized spacial score (nSPS) is 33.9. The Morgan fingerprint density at radius 1 is 1.53 bits per heavy atom. The number of aliphatic hydroxyl groups excluding tert-OH is 2. The molecule has 1 saturated heterocycles. The summed E-state index contributed by atoms with van der Waals surface area (Å²) >= 11 is 0. The van der Waals surface area contributed by atoms with Crippen LogP contribution in [0.15, 0.2) is 0 Å². The molecule has 0 aromatic carbocycles. The minimum Gasteiger partial charge on any atom is -0.388 e. The van der Waals surface area contributed by atoms with Crippen molar-refractivity contribution in [2.75, 3.05) is 6.61 Å². The van der Waals surface area contributed by atoms with E-state index >= 15 is 0 Å². The molecule has 0 aromatic rings. The molecule has 0 spiro atoms. The largest absolute Gasteiger partial charge is 0.397 e. The molecular weight excluding hydrogens is 232 g/mol. The predicted molar refractivity (Wildman–Crippen MR) is 44.2 cm³/mol. The van der Waals surface area contributed by atoms with Gasteiger partial charge in [0, 0.05) is 0 Å². The first-order valence-electron chi connectivity index (χ1n) is 3.94. The second-order valence-corrected chi connectivity index (χ2v) is 4.03. The smallest absolute Gasteiger partial charge is 0.388 e. The summed E-state index contributed by atoms with van der Waals surface area (Å²) in [5.41, 5.74) is 0. The third-order valence-corrected chi connectivity index (χ3v) is 2.34. The van der Waals surface area contributed by atoms with Crippen molar-refractivity contribution in [3.8, 4) is 0 Å². The summed E-state index contributed by atoms with van der Waals surface area (Å²) in [4.78, 5) is 10.2. The average molecular weight is 242 g/mol. The lowest BCUT2D eigenvalue weighted by molar-refractivity contribution is -0.124. The molecule has 15 heavy (non-hydrogen) atoms. The van der Waals surface area contributed by atoms with Gasteiger partial charge in [0.15, 0.2) is 6.29 Å². The van der Waals surface area contributed by atoms with E-state index in [-0.39, 0.29) is 12.9 Å². The molecule has 8 nitrogen and oxygen atoms in total. The van der Waals surface area contributed by atoms with Crippen molar-refractivity contribution in [3.05, 3.63) is 0 Å². The first-order valence-corrected chi connectivity index (χ1v) is 5.30. The number of hydrogen-bond acceptors (Lipinski definition) is 7. The van der Waals surface area contributed by atoms with Gasteiger partial charge in [-0.1, -0.05) is 0 Å². The fourth-order valence-electron chi connectivity index (χ4n) is 1.25. The van der Waals surface area contributed by atoms with Crippen molar-refractivity contribution in [2.24, 2.45) is 0 Å². The summed E-state index contributed by atoms with van der Waals surface area (Å²) in [6.07, 6.45) is -5.68. The number of aliphatic hydroxyl groups is 2. The van der Waals surface area contributed by atoms with Gasteiger partial charge in [-0.2, -0.15) is 8.42 Å². The summed E-state index contributed by atoms with van der Waals surface area (Å²) in [7, 11) is -4.78. The Labute approximate surface area is 85.4 Å². The van der Waals surface area contributed by atoms with Crippen LogP contribution in [-0.4, -0.2) is 60.5 Å². The Balaban J connectivity index is 2.77. The molecule has 4 atom stereocenters. The van der Waals surface area contributed by atoms with Crippen molar-refractivity contribution < 1.29 is 36.9 Å². The van der Waals surface area contributed by atoms with Gasteiger partial charge in [0.2, 0.25) is 0 Å². The zero-order chi connectivity index (χ0) is 11.6. The van der Waals surface area contributed by atoms with Gasteiger partial charge in [-0.3, -0.25) is 4.55 Å². The van der Waals surface area contributed by atoms with E-state index in [9.17, 15) is 18.3 Å². The summed E-state index contributed by atoms with van der Waals surface area (Å²) in [6.45, 7) is -0.296. The summed E-state index contributed by atoms with van der Waals surface area (Å²) in [5, 5.41) is 18.3. The predicted octanol–water partition coefficient (Wildman–Crippen LogP) is -2.51. The van der Waals surface area contributed by atoms with E-state index in [0.29, 0.717) is 0 Å². The monoisotopic (exact) mass is 242 g/mol. The molecule has 0 unspecified atom stereocenters. The van der Waals surface area contributed by atoms with Crippen LogP contribution in [0.25, 0.3) is 0 Å². The van der Waals surface area contributed by atoms with Crippen LogP contribution in [-0.2, 0) is 24.1 Å². The van der Waals surface area contributed by atoms with Crippen molar-refractivity contribution in [1.29, 1.82) is 0 Å². The lowest BCUT2D eigenvalue weighted by Gasteiger charge is -2.19. The topological polar surface area (TPSA) is 130 Å². The average Bonchev–Trinajstić information content (AvgIpc) is 2.45. The molecule has 9 heteroatoms. The van der Waals surface area contributed by atoms with Gasteiger partial charge in [-0.05, 0) is 0 Å². The number of carbonyl (C=O) groups is 1. The molecule has 88 valence electrons. The van der Waals surface area contributed by atoms with E-state index in [4.69, 9.17) is 14.4 Å². The van der Waals surface area contributed by atoms with E-state index in [0.717, 1.165) is 0 Å². The molecule has 1 rings (SSSR count). The highest BCUT2D eigenvalue weighted by Crippen LogP contribution is 2.21. The minimum atomic E-state index is -4.78. The number of carbonyl (C=O) groups excluding carboxylic acids is 1. The molecule has 1 heterocycles. The highest BCUT2D eigenvalue weighted by Gasteiger charge is 2.43. The highest BCUT2D eigenvalue weighted by molar-refractivity contribution is 7.80. The maximum absolute atomic E-state index is 10.4. The Morgan fingerprint density at radius 2 is 2.13 bits per heavy atom. The maximum atomic E-state index is 10.4. The van der Waals surface area contributed by atoms with Crippen LogP contribution in [0, 0.1) is 0 Å². The van der Waals surface area contributed by atoms with Crippen LogP contribution in [0.4, 0.5) is 0 Å². The first kappa shape index (κ1) is 12.5. The van der Waals surface area contributed by atoms with Crippen LogP contribution in [0.1, 0.15) is 0 Å². The van der Waals surface area contributed by atoms with E-state index in [1.165, 1.54) is 0 Å². The third-order valence-electron chi connectivity index (χ3n) is 1.87. The van der Waals surface area contributed by atoms with E-state index in [2.05, 4.69) is 4.18 Å². The van der Waals surface area contributed by atoms with Crippen LogP contribution >= 0.6 is 0 Å². The van der Waals surface area contributed by atoms with Gasteiger partial charge in [0.25, 0.3) is 0 Å². The fourth-order valence-corrected chi connectivity index (χ4v) is 1.77. The van der Waals surface area contributed by atoms with Gasteiger partial charge >= 0.3 is 10.4 Å². The van der Waals surface area contributed by atoms with Gasteiger partial charge in [-0.25, -0.2) is 4.18 Å². The molecular formula is C6H10O8S. The zero-order valence-electron chi connectivity index (χ0n) is 7.38. The standard InChI is InChI=1S/C6H10O8S/c7-1-3(8)5-6(4(9)2-13-5)14-15(10,11)12/h1,3-6,8-9H,2H2,(H,10,11,12)/t3-,4+,5+,6-/m0/s1. The molecule has 3 N–H and O–H groups in total. The number of hydrogen-bond donors (Lipinski definition) is 3. The third kappa shape index (κ3) is 3.19. The Bertz CT molecular complexity index is 324. The molecule has 0 saturated carbocycles. The zero-order valence-corrected chi connectivity index (χ0v) is 8.20. The van der Waals surface area contributed by atoms with Crippen LogP contribution in [0.5, 0.6) is 0 Å². The van der Waals surface area contributed by atoms with Crippen molar-refractivity contribution in [2.45, 2.75) is 24.4 Å². The van der Waals surface area contributed by atoms with E-state index < -0.39 is 34.8 Å². The van der Waals surface area contributed by atoms with Crippen LogP contribution < -0.4 is 0 Å². The summed E-state index contributed by atoms with van der Waals surface area (Å²) < 4.78 is 38.0. The molecule has 1 aliphatic rings. The fraction of sp³-hybridized carbons (Fsp3) is 0.833. The van der Waals surface area contributed by atoms with Crippen LogP contribution in [0.2, 0.25) is 0 Å². The van der Waals surface area contributed by atoms with Gasteiger partial charge < -0.3 is 19.7 Å². The van der Waals surface area contributed by atoms with Crippen molar-refractivity contribution >= 4 is 16.7 Å². The minimum absolute atomic E-state index is 0.114. The SMILES string of the molecule is O=C[C@H](O)[C@H]1OC[C@@H](O)[C@@H]1OS(=O)(=O)O. The van der Waals surface area contributed by atoms with Crippen molar-refractivity contribution in [3.63, 3.8) is 0 Å². The van der Waals surface area contributed by atoms with Gasteiger partial charge in [-0.15, -0.1) is 0 Å². The molecule has 0 bridgehead atoms. The molecule has 0 radical (unpaired) electrons. The molecule has 1 fully saturated rings. The second-order valence-electron chi connectivity index (χ2n) is 2.98. The van der Waals surface area contributed by atoms with Gasteiger partial charge in [0.1, 0.15) is 24.4 Å². The number of rotatable bonds is 4. The molecule has 0 aromatic heterocycles. The van der Waals surface area contributed by atoms with Crippen LogP contribution in [0.3, 0.4) is 0 Å². The molecule has 0 aliphatic carbocycles. The summed E-state index contributed by atoms with van der Waals surface area (Å²) in [5.74, 6) is 0.